The molecule has 0 saturated heterocycles. The Bertz CT molecular complexity index is 461. The molecule has 0 radical (unpaired) electrons. The second-order valence-corrected chi connectivity index (χ2v) is 6.58. The second-order valence-electron chi connectivity index (χ2n) is 5.01. The normalized spacial score (nSPS) is 11.7. The van der Waals surface area contributed by atoms with E-state index in [1.165, 1.54) is 10.4 Å². The molecule has 2 aromatic rings. The first-order chi connectivity index (χ1) is 9.28. The second kappa shape index (κ2) is 7.33. The Balaban J connectivity index is 2.04. The standard InChI is InChI=1S/C16H18Cl2S/c17-12-16(13-18,9-8-15-7-4-10-19-15)11-14-5-2-1-3-6-14/h1-7,10H,8-9,11-13H2. The molecule has 0 atom stereocenters. The number of benzene rings is 1. The van der Waals surface area contributed by atoms with Crippen molar-refractivity contribution in [3.63, 3.8) is 0 Å². The predicted octanol–water partition coefficient (Wildman–Crippen LogP) is 5.39. The summed E-state index contributed by atoms with van der Waals surface area (Å²) in [6, 6.07) is 14.8. The third-order valence-corrected chi connectivity index (χ3v) is 5.54. The topological polar surface area (TPSA) is 0 Å². The van der Waals surface area contributed by atoms with Gasteiger partial charge in [0.15, 0.2) is 0 Å². The van der Waals surface area contributed by atoms with Gasteiger partial charge in [0.1, 0.15) is 0 Å². The van der Waals surface area contributed by atoms with E-state index in [0.29, 0.717) is 11.8 Å². The van der Waals surface area contributed by atoms with Crippen LogP contribution >= 0.6 is 34.5 Å². The van der Waals surface area contributed by atoms with E-state index >= 15 is 0 Å². The van der Waals surface area contributed by atoms with Crippen LogP contribution in [0.25, 0.3) is 0 Å². The molecule has 0 aliphatic heterocycles. The van der Waals surface area contributed by atoms with Crippen LogP contribution in [0.1, 0.15) is 16.9 Å². The molecule has 0 spiro atoms. The maximum Gasteiger partial charge on any atom is 0.0294 e. The summed E-state index contributed by atoms with van der Waals surface area (Å²) in [5, 5.41) is 2.12. The molecule has 19 heavy (non-hydrogen) atoms. The Morgan fingerprint density at radius 1 is 0.947 bits per heavy atom. The van der Waals surface area contributed by atoms with Crippen molar-refractivity contribution in [2.24, 2.45) is 5.41 Å². The van der Waals surface area contributed by atoms with E-state index in [2.05, 4.69) is 41.8 Å². The van der Waals surface area contributed by atoms with E-state index in [-0.39, 0.29) is 5.41 Å². The average Bonchev–Trinajstić information content (AvgIpc) is 2.98. The Morgan fingerprint density at radius 2 is 1.68 bits per heavy atom. The number of thiophene rings is 1. The number of hydrogen-bond acceptors (Lipinski definition) is 1. The van der Waals surface area contributed by atoms with Crippen LogP contribution in [0.4, 0.5) is 0 Å². The van der Waals surface area contributed by atoms with Gasteiger partial charge in [0.25, 0.3) is 0 Å². The van der Waals surface area contributed by atoms with Gasteiger partial charge in [-0.05, 0) is 36.3 Å². The molecule has 0 N–H and O–H groups in total. The average molecular weight is 313 g/mol. The SMILES string of the molecule is ClCC(CCl)(CCc1cccs1)Cc1ccccc1. The summed E-state index contributed by atoms with van der Waals surface area (Å²) in [4.78, 5) is 1.41. The molecule has 0 bridgehead atoms. The molecule has 0 aliphatic carbocycles. The highest BCUT2D eigenvalue weighted by atomic mass is 35.5. The monoisotopic (exact) mass is 312 g/mol. The lowest BCUT2D eigenvalue weighted by Gasteiger charge is -2.29. The molecule has 102 valence electrons. The summed E-state index contributed by atoms with van der Waals surface area (Å²) in [5.74, 6) is 1.22. The van der Waals surface area contributed by atoms with Crippen molar-refractivity contribution < 1.29 is 0 Å². The number of rotatable bonds is 7. The molecule has 0 nitrogen and oxygen atoms in total. The number of alkyl halides is 2. The fourth-order valence-electron chi connectivity index (χ4n) is 2.22. The number of halogens is 2. The van der Waals surface area contributed by atoms with Crippen molar-refractivity contribution in [1.29, 1.82) is 0 Å². The quantitative estimate of drug-likeness (QED) is 0.601. The summed E-state index contributed by atoms with van der Waals surface area (Å²) in [6.07, 6.45) is 3.05. The van der Waals surface area contributed by atoms with Crippen LogP contribution in [-0.4, -0.2) is 11.8 Å². The molecule has 0 unspecified atom stereocenters. The van der Waals surface area contributed by atoms with E-state index in [9.17, 15) is 0 Å². The van der Waals surface area contributed by atoms with Gasteiger partial charge in [-0.1, -0.05) is 36.4 Å². The predicted molar refractivity (Wildman–Crippen MR) is 86.7 cm³/mol. The summed E-state index contributed by atoms with van der Waals surface area (Å²) < 4.78 is 0. The molecule has 1 aromatic carbocycles. The van der Waals surface area contributed by atoms with Gasteiger partial charge in [0.05, 0.1) is 0 Å². The number of aryl methyl sites for hydroxylation is 1. The van der Waals surface area contributed by atoms with Gasteiger partial charge in [-0.3, -0.25) is 0 Å². The lowest BCUT2D eigenvalue weighted by atomic mass is 9.81. The van der Waals surface area contributed by atoms with Gasteiger partial charge in [0, 0.05) is 22.1 Å². The minimum atomic E-state index is -0.00550. The highest BCUT2D eigenvalue weighted by Crippen LogP contribution is 2.32. The molecule has 0 amide bonds. The molecule has 0 saturated carbocycles. The third kappa shape index (κ3) is 4.24. The first-order valence-electron chi connectivity index (χ1n) is 6.46. The van der Waals surface area contributed by atoms with Gasteiger partial charge < -0.3 is 0 Å². The lowest BCUT2D eigenvalue weighted by molar-refractivity contribution is 0.346. The molecule has 0 fully saturated rings. The Morgan fingerprint density at radius 3 is 2.26 bits per heavy atom. The zero-order chi connectivity index (χ0) is 13.6. The summed E-state index contributed by atoms with van der Waals surface area (Å²) in [6.45, 7) is 0. The minimum Gasteiger partial charge on any atom is -0.149 e. The summed E-state index contributed by atoms with van der Waals surface area (Å²) >= 11 is 14.3. The van der Waals surface area contributed by atoms with E-state index in [1.54, 1.807) is 11.3 Å². The molecular weight excluding hydrogens is 295 g/mol. The molecular formula is C16H18Cl2S. The largest absolute Gasteiger partial charge is 0.149 e. The Labute approximate surface area is 129 Å². The van der Waals surface area contributed by atoms with Crippen molar-refractivity contribution >= 4 is 34.5 Å². The fraction of sp³-hybridized carbons (Fsp3) is 0.375. The first kappa shape index (κ1) is 14.9. The summed E-state index contributed by atoms with van der Waals surface area (Å²) in [5.41, 5.74) is 1.31. The summed E-state index contributed by atoms with van der Waals surface area (Å²) in [7, 11) is 0. The van der Waals surface area contributed by atoms with Crippen molar-refractivity contribution in [3.05, 3.63) is 58.3 Å². The van der Waals surface area contributed by atoms with E-state index < -0.39 is 0 Å². The van der Waals surface area contributed by atoms with Crippen molar-refractivity contribution in [2.45, 2.75) is 19.3 Å². The van der Waals surface area contributed by atoms with Crippen molar-refractivity contribution in [1.82, 2.24) is 0 Å². The van der Waals surface area contributed by atoms with Gasteiger partial charge in [-0.15, -0.1) is 34.5 Å². The van der Waals surface area contributed by atoms with Crippen LogP contribution in [-0.2, 0) is 12.8 Å². The minimum absolute atomic E-state index is 0.00550. The number of hydrogen-bond donors (Lipinski definition) is 0. The molecule has 3 heteroatoms. The van der Waals surface area contributed by atoms with Crippen LogP contribution in [0, 0.1) is 5.41 Å². The van der Waals surface area contributed by atoms with E-state index in [1.807, 2.05) is 6.07 Å². The van der Waals surface area contributed by atoms with Crippen LogP contribution in [0.5, 0.6) is 0 Å². The maximum absolute atomic E-state index is 6.23. The Kier molecular flexibility index (Phi) is 5.75. The zero-order valence-electron chi connectivity index (χ0n) is 10.8. The molecule has 1 aromatic heterocycles. The highest BCUT2D eigenvalue weighted by Gasteiger charge is 2.28. The maximum atomic E-state index is 6.23. The zero-order valence-corrected chi connectivity index (χ0v) is 13.1. The van der Waals surface area contributed by atoms with Crippen LogP contribution in [0.15, 0.2) is 47.8 Å². The smallest absolute Gasteiger partial charge is 0.0294 e. The van der Waals surface area contributed by atoms with Gasteiger partial charge >= 0.3 is 0 Å². The van der Waals surface area contributed by atoms with Crippen molar-refractivity contribution in [2.75, 3.05) is 11.8 Å². The van der Waals surface area contributed by atoms with Gasteiger partial charge in [-0.25, -0.2) is 0 Å². The highest BCUT2D eigenvalue weighted by molar-refractivity contribution is 7.09. The molecule has 2 rings (SSSR count). The van der Waals surface area contributed by atoms with Gasteiger partial charge in [-0.2, -0.15) is 0 Å². The van der Waals surface area contributed by atoms with Crippen molar-refractivity contribution in [3.8, 4) is 0 Å². The fourth-order valence-corrected chi connectivity index (χ4v) is 3.68. The molecule has 0 aliphatic rings. The first-order valence-corrected chi connectivity index (χ1v) is 8.41. The van der Waals surface area contributed by atoms with Gasteiger partial charge in [0.2, 0.25) is 0 Å². The lowest BCUT2D eigenvalue weighted by Crippen LogP contribution is -2.28. The molecule has 1 heterocycles. The van der Waals surface area contributed by atoms with Crippen LogP contribution in [0.2, 0.25) is 0 Å². The third-order valence-electron chi connectivity index (χ3n) is 3.47. The van der Waals surface area contributed by atoms with E-state index in [0.717, 1.165) is 19.3 Å². The van der Waals surface area contributed by atoms with Crippen LogP contribution in [0.3, 0.4) is 0 Å². The Hall–Kier alpha value is -0.500. The van der Waals surface area contributed by atoms with Crippen LogP contribution < -0.4 is 0 Å². The van der Waals surface area contributed by atoms with E-state index in [4.69, 9.17) is 23.2 Å².